The van der Waals surface area contributed by atoms with Gasteiger partial charge in [0.25, 0.3) is 0 Å². The molecule has 0 bridgehead atoms. The number of hydrogen-bond acceptors (Lipinski definition) is 3. The normalized spacial score (nSPS) is 25.9. The first-order chi connectivity index (χ1) is 13.5. The van der Waals surface area contributed by atoms with Crippen molar-refractivity contribution >= 4 is 11.8 Å². The summed E-state index contributed by atoms with van der Waals surface area (Å²) in [6.07, 6.45) is 5.96. The minimum absolute atomic E-state index is 0.112. The molecule has 5 nitrogen and oxygen atoms in total. The van der Waals surface area contributed by atoms with Gasteiger partial charge in [-0.05, 0) is 69.1 Å². The fraction of sp³-hybridized carbons (Fsp3) is 0.652. The zero-order valence-electron chi connectivity index (χ0n) is 17.1. The van der Waals surface area contributed by atoms with Crippen LogP contribution in [0, 0.1) is 5.41 Å². The number of benzene rings is 1. The molecule has 28 heavy (non-hydrogen) atoms. The van der Waals surface area contributed by atoms with Crippen molar-refractivity contribution in [2.75, 3.05) is 46.3 Å². The first kappa shape index (κ1) is 19.4. The first-order valence-electron chi connectivity index (χ1n) is 10.8. The van der Waals surface area contributed by atoms with Crippen LogP contribution in [0.4, 0.5) is 0 Å². The van der Waals surface area contributed by atoms with Gasteiger partial charge in [0.15, 0.2) is 0 Å². The average Bonchev–Trinajstić information content (AvgIpc) is 2.88. The highest BCUT2D eigenvalue weighted by molar-refractivity contribution is 5.86. The Balaban J connectivity index is 1.32. The van der Waals surface area contributed by atoms with Crippen LogP contribution in [0.3, 0.4) is 0 Å². The van der Waals surface area contributed by atoms with Crippen LogP contribution in [0.2, 0.25) is 0 Å². The van der Waals surface area contributed by atoms with Crippen molar-refractivity contribution in [1.82, 2.24) is 14.7 Å². The van der Waals surface area contributed by atoms with Crippen LogP contribution in [-0.2, 0) is 9.59 Å². The highest BCUT2D eigenvalue weighted by Gasteiger charge is 2.45. The van der Waals surface area contributed by atoms with Gasteiger partial charge in [-0.1, -0.05) is 30.3 Å². The van der Waals surface area contributed by atoms with Crippen LogP contribution < -0.4 is 0 Å². The smallest absolute Gasteiger partial charge is 0.242 e. The second-order valence-electron chi connectivity index (χ2n) is 9.15. The van der Waals surface area contributed by atoms with E-state index in [-0.39, 0.29) is 23.8 Å². The Kier molecular flexibility index (Phi) is 5.72. The molecule has 3 saturated heterocycles. The summed E-state index contributed by atoms with van der Waals surface area (Å²) in [4.78, 5) is 31.7. The van der Waals surface area contributed by atoms with Gasteiger partial charge in [-0.25, -0.2) is 0 Å². The van der Waals surface area contributed by atoms with Gasteiger partial charge in [-0.3, -0.25) is 9.59 Å². The van der Waals surface area contributed by atoms with Crippen molar-refractivity contribution < 1.29 is 9.59 Å². The molecule has 1 atom stereocenters. The molecule has 2 amide bonds. The Hall–Kier alpha value is -1.88. The Morgan fingerprint density at radius 1 is 1.07 bits per heavy atom. The Bertz CT molecular complexity index is 697. The average molecular weight is 384 g/mol. The Morgan fingerprint density at radius 2 is 1.82 bits per heavy atom. The summed E-state index contributed by atoms with van der Waals surface area (Å²) in [5.74, 6) is 0.844. The Labute approximate surface area is 168 Å². The van der Waals surface area contributed by atoms with E-state index in [0.29, 0.717) is 12.3 Å². The molecule has 3 aliphatic heterocycles. The molecule has 0 aliphatic carbocycles. The summed E-state index contributed by atoms with van der Waals surface area (Å²) in [5.41, 5.74) is 1.50. The molecule has 0 unspecified atom stereocenters. The molecule has 0 aromatic heterocycles. The van der Waals surface area contributed by atoms with E-state index in [1.54, 1.807) is 0 Å². The predicted molar refractivity (Wildman–Crippen MR) is 110 cm³/mol. The number of nitrogens with zero attached hydrogens (tertiary/aromatic N) is 3. The molecule has 3 heterocycles. The van der Waals surface area contributed by atoms with Gasteiger partial charge in [0.1, 0.15) is 0 Å². The van der Waals surface area contributed by atoms with Crippen molar-refractivity contribution in [3.8, 4) is 0 Å². The summed E-state index contributed by atoms with van der Waals surface area (Å²) in [6, 6.07) is 10.7. The van der Waals surface area contributed by atoms with E-state index >= 15 is 0 Å². The van der Waals surface area contributed by atoms with Crippen molar-refractivity contribution in [2.24, 2.45) is 5.41 Å². The molecule has 0 saturated carbocycles. The zero-order valence-corrected chi connectivity index (χ0v) is 17.1. The summed E-state index contributed by atoms with van der Waals surface area (Å²) in [6.45, 7) is 4.78. The number of piperidine rings is 1. The van der Waals surface area contributed by atoms with E-state index in [0.717, 1.165) is 64.8 Å². The van der Waals surface area contributed by atoms with Crippen molar-refractivity contribution in [1.29, 1.82) is 0 Å². The molecule has 4 rings (SSSR count). The third-order valence-electron chi connectivity index (χ3n) is 7.13. The predicted octanol–water partition coefficient (Wildman–Crippen LogP) is 2.73. The fourth-order valence-corrected chi connectivity index (χ4v) is 5.22. The highest BCUT2D eigenvalue weighted by Crippen LogP contribution is 2.40. The highest BCUT2D eigenvalue weighted by atomic mass is 16.2. The van der Waals surface area contributed by atoms with Crippen LogP contribution >= 0.6 is 0 Å². The lowest BCUT2D eigenvalue weighted by Gasteiger charge is -2.37. The number of carbonyl (C=O) groups is 2. The van der Waals surface area contributed by atoms with Gasteiger partial charge in [0, 0.05) is 26.1 Å². The maximum Gasteiger partial charge on any atom is 0.242 e. The van der Waals surface area contributed by atoms with Crippen LogP contribution in [0.5, 0.6) is 0 Å². The third-order valence-corrected chi connectivity index (χ3v) is 7.13. The number of carbonyl (C=O) groups excluding carboxylic acids is 2. The van der Waals surface area contributed by atoms with Crippen molar-refractivity contribution in [2.45, 2.75) is 44.4 Å². The number of amides is 2. The number of hydrogen-bond donors (Lipinski definition) is 0. The lowest BCUT2D eigenvalue weighted by atomic mass is 9.78. The van der Waals surface area contributed by atoms with E-state index in [2.05, 4.69) is 42.3 Å². The molecule has 1 aromatic carbocycles. The van der Waals surface area contributed by atoms with Gasteiger partial charge in [0.2, 0.25) is 11.8 Å². The summed E-state index contributed by atoms with van der Waals surface area (Å²) in [5, 5.41) is 0. The Morgan fingerprint density at radius 3 is 2.57 bits per heavy atom. The van der Waals surface area contributed by atoms with Gasteiger partial charge >= 0.3 is 0 Å². The lowest BCUT2D eigenvalue weighted by molar-refractivity contribution is -0.138. The standard InChI is InChI=1S/C23H33N3O2/c1-24-14-10-23(11-15-24)16-21(27)26(18-23)17-22(28)25-12-5-8-20(9-13-25)19-6-3-2-4-7-19/h2-4,6-7,20H,5,8-18H2,1H3/t20-/m1/s1. The van der Waals surface area contributed by atoms with Crippen LogP contribution in [0.1, 0.15) is 50.0 Å². The molecule has 1 aromatic rings. The maximum atomic E-state index is 12.9. The molecule has 0 N–H and O–H groups in total. The number of rotatable bonds is 3. The first-order valence-corrected chi connectivity index (χ1v) is 10.8. The van der Waals surface area contributed by atoms with E-state index < -0.39 is 0 Å². The summed E-state index contributed by atoms with van der Waals surface area (Å²) in [7, 11) is 2.15. The monoisotopic (exact) mass is 383 g/mol. The van der Waals surface area contributed by atoms with E-state index in [1.165, 1.54) is 5.56 Å². The minimum Gasteiger partial charge on any atom is -0.341 e. The molecule has 1 spiro atoms. The maximum absolute atomic E-state index is 12.9. The SMILES string of the molecule is CN1CCC2(CC1)CC(=O)N(CC(=O)N1CCC[C@@H](c3ccccc3)CC1)C2. The molecule has 5 heteroatoms. The van der Waals surface area contributed by atoms with Crippen molar-refractivity contribution in [3.63, 3.8) is 0 Å². The molecule has 152 valence electrons. The molecule has 3 fully saturated rings. The molecule has 3 aliphatic rings. The largest absolute Gasteiger partial charge is 0.341 e. The number of likely N-dealkylation sites (tertiary alicyclic amines) is 3. The summed E-state index contributed by atoms with van der Waals surface area (Å²) >= 11 is 0. The van der Waals surface area contributed by atoms with E-state index in [4.69, 9.17) is 0 Å². The molecule has 0 radical (unpaired) electrons. The topological polar surface area (TPSA) is 43.9 Å². The van der Waals surface area contributed by atoms with Crippen LogP contribution in [0.15, 0.2) is 30.3 Å². The van der Waals surface area contributed by atoms with E-state index in [1.807, 2.05) is 9.80 Å². The second-order valence-corrected chi connectivity index (χ2v) is 9.15. The van der Waals surface area contributed by atoms with Gasteiger partial charge in [-0.15, -0.1) is 0 Å². The van der Waals surface area contributed by atoms with E-state index in [9.17, 15) is 9.59 Å². The van der Waals surface area contributed by atoms with Crippen LogP contribution in [0.25, 0.3) is 0 Å². The molecular weight excluding hydrogens is 350 g/mol. The lowest BCUT2D eigenvalue weighted by Crippen LogP contribution is -2.43. The quantitative estimate of drug-likeness (QED) is 0.806. The fourth-order valence-electron chi connectivity index (χ4n) is 5.22. The molecular formula is C23H33N3O2. The van der Waals surface area contributed by atoms with Gasteiger partial charge in [-0.2, -0.15) is 0 Å². The minimum atomic E-state index is 0.112. The van der Waals surface area contributed by atoms with Gasteiger partial charge in [0.05, 0.1) is 6.54 Å². The zero-order chi connectivity index (χ0) is 19.6. The second kappa shape index (κ2) is 8.24. The third kappa shape index (κ3) is 4.24. The van der Waals surface area contributed by atoms with Crippen LogP contribution in [-0.4, -0.2) is 72.8 Å². The van der Waals surface area contributed by atoms with Crippen molar-refractivity contribution in [3.05, 3.63) is 35.9 Å². The summed E-state index contributed by atoms with van der Waals surface area (Å²) < 4.78 is 0. The van der Waals surface area contributed by atoms with Gasteiger partial charge < -0.3 is 14.7 Å².